The average molecular weight is 306 g/mol. The second kappa shape index (κ2) is 6.53. The molecule has 0 amide bonds. The monoisotopic (exact) mass is 306 g/mol. The van der Waals surface area contributed by atoms with E-state index in [1.165, 1.54) is 5.56 Å². The van der Waals surface area contributed by atoms with Crippen LogP contribution in [0.2, 0.25) is 0 Å². The highest BCUT2D eigenvalue weighted by Gasteiger charge is 2.21. The molecule has 3 aromatic rings. The Morgan fingerprint density at radius 1 is 1.00 bits per heavy atom. The molecule has 0 N–H and O–H groups in total. The topological polar surface area (TPSA) is 39.4 Å². The van der Waals surface area contributed by atoms with Crippen molar-refractivity contribution in [2.75, 3.05) is 6.61 Å². The van der Waals surface area contributed by atoms with E-state index in [1.807, 2.05) is 61.5 Å². The predicted octanol–water partition coefficient (Wildman–Crippen LogP) is 5.10. The Balaban J connectivity index is 2.10. The van der Waals surface area contributed by atoms with Gasteiger partial charge in [0.1, 0.15) is 17.1 Å². The summed E-state index contributed by atoms with van der Waals surface area (Å²) in [5, 5.41) is 0. The lowest BCUT2D eigenvalue weighted by molar-refractivity contribution is 0.0527. The summed E-state index contributed by atoms with van der Waals surface area (Å²) >= 11 is 0. The Hall–Kier alpha value is -2.81. The van der Waals surface area contributed by atoms with Crippen LogP contribution in [0, 0.1) is 6.92 Å². The van der Waals surface area contributed by atoms with E-state index >= 15 is 0 Å². The van der Waals surface area contributed by atoms with E-state index < -0.39 is 0 Å². The number of carbonyl (C=O) groups is 1. The largest absolute Gasteiger partial charge is 0.462 e. The van der Waals surface area contributed by atoms with Gasteiger partial charge < -0.3 is 9.15 Å². The molecule has 0 spiro atoms. The van der Waals surface area contributed by atoms with Crippen molar-refractivity contribution in [2.45, 2.75) is 13.8 Å². The van der Waals surface area contributed by atoms with Crippen molar-refractivity contribution in [1.82, 2.24) is 0 Å². The second-order valence-electron chi connectivity index (χ2n) is 5.31. The molecular weight excluding hydrogens is 288 g/mol. The first-order valence-corrected chi connectivity index (χ1v) is 7.62. The van der Waals surface area contributed by atoms with E-state index in [2.05, 4.69) is 0 Å². The number of aryl methyl sites for hydroxylation is 1. The standard InChI is InChI=1S/C20H18O3/c1-3-22-20(21)17-13-18(15-11-9-14(2)10-12-15)23-19(17)16-7-5-4-6-8-16/h4-13H,3H2,1-2H3. The maximum atomic E-state index is 12.3. The van der Waals surface area contributed by atoms with E-state index in [0.29, 0.717) is 23.7 Å². The summed E-state index contributed by atoms with van der Waals surface area (Å²) in [6, 6.07) is 19.4. The molecule has 3 heteroatoms. The van der Waals surface area contributed by atoms with Gasteiger partial charge in [-0.1, -0.05) is 60.2 Å². The molecule has 0 atom stereocenters. The van der Waals surface area contributed by atoms with Crippen molar-refractivity contribution in [3.05, 3.63) is 71.8 Å². The molecule has 0 aliphatic rings. The summed E-state index contributed by atoms with van der Waals surface area (Å²) in [5.41, 5.74) is 3.42. The van der Waals surface area contributed by atoms with Gasteiger partial charge in [0.25, 0.3) is 0 Å². The van der Waals surface area contributed by atoms with E-state index in [9.17, 15) is 4.79 Å². The maximum Gasteiger partial charge on any atom is 0.342 e. The van der Waals surface area contributed by atoms with Crippen LogP contribution >= 0.6 is 0 Å². The van der Waals surface area contributed by atoms with Gasteiger partial charge in [-0.25, -0.2) is 4.79 Å². The fraction of sp³-hybridized carbons (Fsp3) is 0.150. The SMILES string of the molecule is CCOC(=O)c1cc(-c2ccc(C)cc2)oc1-c1ccccc1. The van der Waals surface area contributed by atoms with Crippen LogP contribution in [0.15, 0.2) is 65.1 Å². The molecule has 1 heterocycles. The summed E-state index contributed by atoms with van der Waals surface area (Å²) in [6.45, 7) is 4.16. The zero-order chi connectivity index (χ0) is 16.2. The highest BCUT2D eigenvalue weighted by atomic mass is 16.5. The lowest BCUT2D eigenvalue weighted by atomic mass is 10.1. The van der Waals surface area contributed by atoms with Crippen molar-refractivity contribution >= 4 is 5.97 Å². The highest BCUT2D eigenvalue weighted by Crippen LogP contribution is 2.33. The second-order valence-corrected chi connectivity index (χ2v) is 5.31. The molecule has 2 aromatic carbocycles. The van der Waals surface area contributed by atoms with Crippen molar-refractivity contribution < 1.29 is 13.9 Å². The van der Waals surface area contributed by atoms with Crippen LogP contribution in [-0.2, 0) is 4.74 Å². The molecule has 0 fully saturated rings. The zero-order valence-electron chi connectivity index (χ0n) is 13.2. The number of benzene rings is 2. The van der Waals surface area contributed by atoms with Crippen molar-refractivity contribution in [3.63, 3.8) is 0 Å². The lowest BCUT2D eigenvalue weighted by Crippen LogP contribution is -2.04. The van der Waals surface area contributed by atoms with Crippen LogP contribution in [0.5, 0.6) is 0 Å². The smallest absolute Gasteiger partial charge is 0.342 e. The van der Waals surface area contributed by atoms with Crippen molar-refractivity contribution in [1.29, 1.82) is 0 Å². The Morgan fingerprint density at radius 3 is 2.35 bits per heavy atom. The van der Waals surface area contributed by atoms with Gasteiger partial charge in [0.15, 0.2) is 0 Å². The molecule has 3 rings (SSSR count). The average Bonchev–Trinajstić information content (AvgIpc) is 3.02. The third-order valence-electron chi connectivity index (χ3n) is 3.60. The van der Waals surface area contributed by atoms with E-state index in [4.69, 9.17) is 9.15 Å². The molecule has 0 aliphatic carbocycles. The fourth-order valence-electron chi connectivity index (χ4n) is 2.42. The Labute approximate surface area is 135 Å². The van der Waals surface area contributed by atoms with E-state index in [0.717, 1.165) is 11.1 Å². The van der Waals surface area contributed by atoms with Gasteiger partial charge >= 0.3 is 5.97 Å². The van der Waals surface area contributed by atoms with Gasteiger partial charge in [0, 0.05) is 11.1 Å². The third kappa shape index (κ3) is 3.19. The summed E-state index contributed by atoms with van der Waals surface area (Å²) in [6.07, 6.45) is 0. The van der Waals surface area contributed by atoms with Gasteiger partial charge in [0.2, 0.25) is 0 Å². The van der Waals surface area contributed by atoms with Crippen LogP contribution < -0.4 is 0 Å². The Morgan fingerprint density at radius 2 is 1.70 bits per heavy atom. The molecule has 0 bridgehead atoms. The molecule has 0 saturated heterocycles. The number of ether oxygens (including phenoxy) is 1. The van der Waals surface area contributed by atoms with Gasteiger partial charge in [0.05, 0.1) is 6.61 Å². The molecule has 0 saturated carbocycles. The number of hydrogen-bond donors (Lipinski definition) is 0. The van der Waals surface area contributed by atoms with Gasteiger partial charge in [-0.05, 0) is 19.9 Å². The Kier molecular flexibility index (Phi) is 4.29. The molecular formula is C20H18O3. The summed E-state index contributed by atoms with van der Waals surface area (Å²) in [5.74, 6) is 0.833. The van der Waals surface area contributed by atoms with Crippen LogP contribution in [0.3, 0.4) is 0 Å². The Bertz CT molecular complexity index is 799. The van der Waals surface area contributed by atoms with E-state index in [-0.39, 0.29) is 5.97 Å². The van der Waals surface area contributed by atoms with Crippen LogP contribution in [0.4, 0.5) is 0 Å². The first-order valence-electron chi connectivity index (χ1n) is 7.62. The number of hydrogen-bond acceptors (Lipinski definition) is 3. The molecule has 0 unspecified atom stereocenters. The van der Waals surface area contributed by atoms with Crippen LogP contribution in [0.25, 0.3) is 22.6 Å². The summed E-state index contributed by atoms with van der Waals surface area (Å²) < 4.78 is 11.2. The molecule has 0 aliphatic heterocycles. The first kappa shape index (κ1) is 15.1. The minimum absolute atomic E-state index is 0.331. The van der Waals surface area contributed by atoms with Crippen molar-refractivity contribution in [2.24, 2.45) is 0 Å². The predicted molar refractivity (Wildman–Crippen MR) is 90.3 cm³/mol. The molecule has 1 aromatic heterocycles. The molecule has 116 valence electrons. The van der Waals surface area contributed by atoms with Crippen molar-refractivity contribution in [3.8, 4) is 22.6 Å². The fourth-order valence-corrected chi connectivity index (χ4v) is 2.42. The first-order chi connectivity index (χ1) is 11.2. The van der Waals surface area contributed by atoms with Crippen LogP contribution in [-0.4, -0.2) is 12.6 Å². The van der Waals surface area contributed by atoms with Crippen LogP contribution in [0.1, 0.15) is 22.8 Å². The number of esters is 1. The number of carbonyl (C=O) groups excluding carboxylic acids is 1. The van der Waals surface area contributed by atoms with Gasteiger partial charge in [-0.15, -0.1) is 0 Å². The summed E-state index contributed by atoms with van der Waals surface area (Å²) in [4.78, 5) is 12.3. The van der Waals surface area contributed by atoms with E-state index in [1.54, 1.807) is 13.0 Å². The minimum atomic E-state index is -0.367. The third-order valence-corrected chi connectivity index (χ3v) is 3.60. The zero-order valence-corrected chi connectivity index (χ0v) is 13.2. The number of rotatable bonds is 4. The maximum absolute atomic E-state index is 12.3. The number of furan rings is 1. The van der Waals surface area contributed by atoms with Gasteiger partial charge in [-0.3, -0.25) is 0 Å². The lowest BCUT2D eigenvalue weighted by Gasteiger charge is -2.02. The quantitative estimate of drug-likeness (QED) is 0.630. The molecule has 0 radical (unpaired) electrons. The molecule has 23 heavy (non-hydrogen) atoms. The normalized spacial score (nSPS) is 10.5. The molecule has 3 nitrogen and oxygen atoms in total. The highest BCUT2D eigenvalue weighted by molar-refractivity contribution is 5.97. The minimum Gasteiger partial charge on any atom is -0.462 e. The van der Waals surface area contributed by atoms with Gasteiger partial charge in [-0.2, -0.15) is 0 Å². The summed E-state index contributed by atoms with van der Waals surface area (Å²) in [7, 11) is 0.